The van der Waals surface area contributed by atoms with Crippen molar-refractivity contribution < 1.29 is 19.0 Å². The molecule has 4 heteroatoms. The van der Waals surface area contributed by atoms with Crippen LogP contribution in [-0.4, -0.2) is 25.1 Å². The highest BCUT2D eigenvalue weighted by Crippen LogP contribution is 2.41. The van der Waals surface area contributed by atoms with E-state index < -0.39 is 5.60 Å². The molecule has 5 rings (SSSR count). The maximum absolute atomic E-state index is 12.1. The lowest BCUT2D eigenvalue weighted by Gasteiger charge is -2.38. The Kier molecular flexibility index (Phi) is 15.2. The molecule has 4 nitrogen and oxygen atoms in total. The molecule has 5 aromatic carbocycles. The third-order valence-corrected chi connectivity index (χ3v) is 10.6. The maximum atomic E-state index is 12.1. The van der Waals surface area contributed by atoms with Crippen molar-refractivity contribution in [3.63, 3.8) is 0 Å². The van der Waals surface area contributed by atoms with Crippen LogP contribution < -0.4 is 0 Å². The number of ether oxygens (including phenoxy) is 3. The molecule has 0 saturated carbocycles. The van der Waals surface area contributed by atoms with E-state index in [0.717, 1.165) is 41.4 Å². The molecule has 0 amide bonds. The van der Waals surface area contributed by atoms with Gasteiger partial charge in [0.25, 0.3) is 0 Å². The summed E-state index contributed by atoms with van der Waals surface area (Å²) in [5, 5.41) is 0. The number of benzene rings is 5. The highest BCUT2D eigenvalue weighted by Gasteiger charge is 2.38. The second-order valence-electron chi connectivity index (χ2n) is 15.1. The standard InChI is InChI=1S/C49H58O4/c1-37(34-53-49(44-25-15-8-16-26-44,45-27-17-9-18-28-45)46-29-19-10-20-30-46)31-38(2)47(51-35-42-21-11-6-12-22-42)39(3)32-40(4)48(41(5)33-50)52-36-43-23-13-7-14-24-43/h6-30,33,37-41,47-48H,31-32,34-36H2,1-5H3/t37-,38-,39-,40-,41-,47+,48+/m1/s1. The second-order valence-corrected chi connectivity index (χ2v) is 15.1. The summed E-state index contributed by atoms with van der Waals surface area (Å²) in [6, 6.07) is 52.4. The molecule has 0 aliphatic carbocycles. The zero-order valence-corrected chi connectivity index (χ0v) is 32.2. The summed E-state index contributed by atoms with van der Waals surface area (Å²) in [6.07, 6.45) is 2.67. The third kappa shape index (κ3) is 10.9. The number of carbonyl (C=O) groups excluding carboxylic acids is 1. The molecule has 0 fully saturated rings. The molecular weight excluding hydrogens is 653 g/mol. The van der Waals surface area contributed by atoms with Crippen LogP contribution >= 0.6 is 0 Å². The van der Waals surface area contributed by atoms with E-state index in [0.29, 0.717) is 19.8 Å². The van der Waals surface area contributed by atoms with Crippen LogP contribution in [0.3, 0.4) is 0 Å². The van der Waals surface area contributed by atoms with Gasteiger partial charge in [0.1, 0.15) is 11.9 Å². The first-order valence-electron chi connectivity index (χ1n) is 19.4. The first-order valence-corrected chi connectivity index (χ1v) is 19.4. The Morgan fingerprint density at radius 1 is 0.491 bits per heavy atom. The predicted molar refractivity (Wildman–Crippen MR) is 216 cm³/mol. The third-order valence-electron chi connectivity index (χ3n) is 10.6. The van der Waals surface area contributed by atoms with E-state index in [1.165, 1.54) is 5.56 Å². The van der Waals surface area contributed by atoms with E-state index in [4.69, 9.17) is 14.2 Å². The lowest BCUT2D eigenvalue weighted by Crippen LogP contribution is -2.37. The van der Waals surface area contributed by atoms with Crippen molar-refractivity contribution in [2.75, 3.05) is 6.61 Å². The van der Waals surface area contributed by atoms with Crippen LogP contribution in [0.25, 0.3) is 0 Å². The fourth-order valence-corrected chi connectivity index (χ4v) is 8.06. The van der Waals surface area contributed by atoms with Crippen LogP contribution in [0.1, 0.15) is 75.3 Å². The summed E-state index contributed by atoms with van der Waals surface area (Å²) in [7, 11) is 0. The molecule has 7 atom stereocenters. The van der Waals surface area contributed by atoms with Gasteiger partial charge in [0.2, 0.25) is 0 Å². The molecule has 0 saturated heterocycles. The number of carbonyl (C=O) groups is 1. The van der Waals surface area contributed by atoms with Gasteiger partial charge in [-0.1, -0.05) is 186 Å². The number of aldehydes is 1. The van der Waals surface area contributed by atoms with Crippen molar-refractivity contribution in [2.24, 2.45) is 29.6 Å². The molecule has 0 N–H and O–H groups in total. The molecule has 0 aliphatic rings. The zero-order chi connectivity index (χ0) is 37.5. The topological polar surface area (TPSA) is 44.8 Å². The van der Waals surface area contributed by atoms with Gasteiger partial charge in [0, 0.05) is 5.92 Å². The number of rotatable bonds is 21. The summed E-state index contributed by atoms with van der Waals surface area (Å²) in [5.41, 5.74) is 4.85. The van der Waals surface area contributed by atoms with Gasteiger partial charge in [0.05, 0.1) is 32.0 Å². The molecule has 0 aromatic heterocycles. The average molecular weight is 711 g/mol. The molecule has 0 radical (unpaired) electrons. The Labute approximate surface area is 318 Å². The Morgan fingerprint density at radius 2 is 0.849 bits per heavy atom. The minimum absolute atomic E-state index is 0.00328. The van der Waals surface area contributed by atoms with Crippen molar-refractivity contribution in [2.45, 2.75) is 78.5 Å². The molecular formula is C49H58O4. The van der Waals surface area contributed by atoms with E-state index in [9.17, 15) is 4.79 Å². The van der Waals surface area contributed by atoms with E-state index in [1.807, 2.05) is 31.2 Å². The maximum Gasteiger partial charge on any atom is 0.143 e. The normalized spacial score (nSPS) is 15.8. The first-order chi connectivity index (χ1) is 25.8. The van der Waals surface area contributed by atoms with Crippen molar-refractivity contribution >= 4 is 6.29 Å². The molecule has 0 spiro atoms. The fraction of sp³-hybridized carbons (Fsp3) is 0.367. The fourth-order valence-electron chi connectivity index (χ4n) is 8.06. The van der Waals surface area contributed by atoms with E-state index in [-0.39, 0.29) is 41.8 Å². The summed E-state index contributed by atoms with van der Waals surface area (Å²) >= 11 is 0. The predicted octanol–water partition coefficient (Wildman–Crippen LogP) is 11.3. The lowest BCUT2D eigenvalue weighted by molar-refractivity contribution is -0.119. The molecule has 5 aromatic rings. The number of hydrogen-bond donors (Lipinski definition) is 0. The summed E-state index contributed by atoms with van der Waals surface area (Å²) in [4.78, 5) is 12.1. The van der Waals surface area contributed by atoms with E-state index in [1.54, 1.807) is 0 Å². The molecule has 278 valence electrons. The summed E-state index contributed by atoms with van der Waals surface area (Å²) in [6.45, 7) is 12.7. The Bertz CT molecular complexity index is 1630. The van der Waals surface area contributed by atoms with Crippen molar-refractivity contribution in [3.8, 4) is 0 Å². The van der Waals surface area contributed by atoms with Gasteiger partial charge < -0.3 is 19.0 Å². The van der Waals surface area contributed by atoms with Crippen LogP contribution in [0.4, 0.5) is 0 Å². The second kappa shape index (κ2) is 20.2. The molecule has 0 heterocycles. The van der Waals surface area contributed by atoms with Crippen molar-refractivity contribution in [1.29, 1.82) is 0 Å². The summed E-state index contributed by atoms with van der Waals surface area (Å²) < 4.78 is 20.5. The Hall–Kier alpha value is -4.35. The largest absolute Gasteiger partial charge is 0.373 e. The lowest BCUT2D eigenvalue weighted by atomic mass is 9.79. The minimum Gasteiger partial charge on any atom is -0.373 e. The van der Waals surface area contributed by atoms with Gasteiger partial charge in [-0.15, -0.1) is 0 Å². The molecule has 0 bridgehead atoms. The van der Waals surface area contributed by atoms with E-state index >= 15 is 0 Å². The monoisotopic (exact) mass is 710 g/mol. The van der Waals surface area contributed by atoms with Crippen LogP contribution in [0, 0.1) is 29.6 Å². The smallest absolute Gasteiger partial charge is 0.143 e. The Morgan fingerprint density at radius 3 is 1.26 bits per heavy atom. The van der Waals surface area contributed by atoms with Crippen LogP contribution in [-0.2, 0) is 37.8 Å². The zero-order valence-electron chi connectivity index (χ0n) is 32.2. The Balaban J connectivity index is 1.34. The highest BCUT2D eigenvalue weighted by atomic mass is 16.5. The molecule has 0 aliphatic heterocycles. The van der Waals surface area contributed by atoms with Gasteiger partial charge in [-0.2, -0.15) is 0 Å². The van der Waals surface area contributed by atoms with Crippen molar-refractivity contribution in [1.82, 2.24) is 0 Å². The van der Waals surface area contributed by atoms with Gasteiger partial charge in [-0.05, 0) is 64.3 Å². The molecule has 0 unspecified atom stereocenters. The SMILES string of the molecule is C[C@@H](COC(c1ccccc1)(c1ccccc1)c1ccccc1)C[C@@H](C)[C@H](OCc1ccccc1)[C@H](C)C[C@@H](C)[C@H](OCc1ccccc1)[C@H](C)C=O. The highest BCUT2D eigenvalue weighted by molar-refractivity contribution is 5.54. The van der Waals surface area contributed by atoms with Crippen LogP contribution in [0.5, 0.6) is 0 Å². The molecule has 53 heavy (non-hydrogen) atoms. The van der Waals surface area contributed by atoms with Gasteiger partial charge in [0.15, 0.2) is 0 Å². The first kappa shape index (κ1) is 39.8. The van der Waals surface area contributed by atoms with Crippen LogP contribution in [0.2, 0.25) is 0 Å². The average Bonchev–Trinajstić information content (AvgIpc) is 3.20. The van der Waals surface area contributed by atoms with Gasteiger partial charge >= 0.3 is 0 Å². The van der Waals surface area contributed by atoms with Gasteiger partial charge in [-0.3, -0.25) is 0 Å². The number of hydrogen-bond acceptors (Lipinski definition) is 4. The van der Waals surface area contributed by atoms with Gasteiger partial charge in [-0.25, -0.2) is 0 Å². The van der Waals surface area contributed by atoms with Crippen LogP contribution in [0.15, 0.2) is 152 Å². The summed E-state index contributed by atoms with van der Waals surface area (Å²) in [5.74, 6) is 0.693. The quantitative estimate of drug-likeness (QED) is 0.0562. The minimum atomic E-state index is -0.753. The van der Waals surface area contributed by atoms with E-state index in [2.05, 4.69) is 155 Å². The van der Waals surface area contributed by atoms with Crippen molar-refractivity contribution in [3.05, 3.63) is 179 Å².